The van der Waals surface area contributed by atoms with E-state index in [1.165, 1.54) is 11.3 Å². The smallest absolute Gasteiger partial charge is 0.231 e. The Labute approximate surface area is 170 Å². The molecule has 0 aromatic heterocycles. The second-order valence-electron chi connectivity index (χ2n) is 7.20. The maximum absolute atomic E-state index is 10.4. The van der Waals surface area contributed by atoms with Gasteiger partial charge in [0.2, 0.25) is 6.79 Å². The molecule has 7 heteroatoms. The van der Waals surface area contributed by atoms with E-state index < -0.39 is 6.10 Å². The molecule has 0 saturated carbocycles. The van der Waals surface area contributed by atoms with Crippen molar-refractivity contribution in [2.75, 3.05) is 51.0 Å². The lowest BCUT2D eigenvalue weighted by Gasteiger charge is -2.37. The van der Waals surface area contributed by atoms with Gasteiger partial charge < -0.3 is 24.2 Å². The molecule has 0 spiro atoms. The monoisotopic (exact) mass is 404 g/mol. The quantitative estimate of drug-likeness (QED) is 0.799. The molecule has 6 nitrogen and oxygen atoms in total. The van der Waals surface area contributed by atoms with Gasteiger partial charge in [0.05, 0.1) is 0 Å². The Hall–Kier alpha value is -2.15. The lowest BCUT2D eigenvalue weighted by atomic mass is 10.1. The van der Waals surface area contributed by atoms with Gasteiger partial charge in [-0.15, -0.1) is 0 Å². The highest BCUT2D eigenvalue weighted by atomic mass is 35.5. The van der Waals surface area contributed by atoms with Gasteiger partial charge in [-0.05, 0) is 36.8 Å². The van der Waals surface area contributed by atoms with Gasteiger partial charge in [-0.3, -0.25) is 4.90 Å². The van der Waals surface area contributed by atoms with E-state index >= 15 is 0 Å². The van der Waals surface area contributed by atoms with Crippen LogP contribution in [0.1, 0.15) is 5.56 Å². The number of benzene rings is 2. The minimum atomic E-state index is -0.551. The third-order valence-electron chi connectivity index (χ3n) is 5.14. The van der Waals surface area contributed by atoms with Gasteiger partial charge in [0.15, 0.2) is 11.5 Å². The van der Waals surface area contributed by atoms with Gasteiger partial charge in [-0.1, -0.05) is 17.7 Å². The molecule has 4 rings (SSSR count). The molecule has 2 aliphatic heterocycles. The van der Waals surface area contributed by atoms with E-state index in [1.807, 2.05) is 24.3 Å². The fourth-order valence-electron chi connectivity index (χ4n) is 3.60. The van der Waals surface area contributed by atoms with Crippen LogP contribution in [-0.2, 0) is 0 Å². The molecule has 0 radical (unpaired) electrons. The Kier molecular flexibility index (Phi) is 5.80. The molecule has 0 unspecified atom stereocenters. The molecule has 0 aliphatic carbocycles. The average Bonchev–Trinajstić information content (AvgIpc) is 3.17. The zero-order valence-electron chi connectivity index (χ0n) is 15.9. The van der Waals surface area contributed by atoms with Crippen molar-refractivity contribution in [3.8, 4) is 17.2 Å². The fourth-order valence-corrected chi connectivity index (χ4v) is 3.77. The van der Waals surface area contributed by atoms with Crippen LogP contribution in [0.3, 0.4) is 0 Å². The second kappa shape index (κ2) is 8.47. The molecule has 2 heterocycles. The number of halogens is 1. The van der Waals surface area contributed by atoms with Crippen LogP contribution in [-0.4, -0.2) is 62.2 Å². The summed E-state index contributed by atoms with van der Waals surface area (Å²) >= 11 is 6.15. The summed E-state index contributed by atoms with van der Waals surface area (Å²) in [5, 5.41) is 11.1. The number of hydrogen-bond donors (Lipinski definition) is 1. The zero-order chi connectivity index (χ0) is 19.5. The number of aliphatic hydroxyl groups is 1. The number of aryl methyl sites for hydroxylation is 1. The third kappa shape index (κ3) is 4.46. The van der Waals surface area contributed by atoms with Crippen molar-refractivity contribution in [1.82, 2.24) is 4.90 Å². The van der Waals surface area contributed by atoms with Crippen LogP contribution in [0.25, 0.3) is 0 Å². The summed E-state index contributed by atoms with van der Waals surface area (Å²) in [5.74, 6) is 2.07. The molecule has 150 valence electrons. The largest absolute Gasteiger partial charge is 0.491 e. The molecule has 1 N–H and O–H groups in total. The Morgan fingerprint density at radius 1 is 1.07 bits per heavy atom. The van der Waals surface area contributed by atoms with Crippen molar-refractivity contribution in [1.29, 1.82) is 0 Å². The van der Waals surface area contributed by atoms with Crippen LogP contribution < -0.4 is 19.1 Å². The number of aliphatic hydroxyl groups excluding tert-OH is 1. The first-order valence-corrected chi connectivity index (χ1v) is 9.90. The van der Waals surface area contributed by atoms with E-state index in [9.17, 15) is 5.11 Å². The normalized spacial score (nSPS) is 17.6. The van der Waals surface area contributed by atoms with Gasteiger partial charge >= 0.3 is 0 Å². The summed E-state index contributed by atoms with van der Waals surface area (Å²) in [6.45, 7) is 6.80. The molecule has 2 aliphatic rings. The average molecular weight is 405 g/mol. The van der Waals surface area contributed by atoms with Crippen molar-refractivity contribution in [2.24, 2.45) is 0 Å². The summed E-state index contributed by atoms with van der Waals surface area (Å²) in [4.78, 5) is 4.62. The summed E-state index contributed by atoms with van der Waals surface area (Å²) in [6.07, 6.45) is -0.551. The first-order valence-electron chi connectivity index (χ1n) is 9.52. The van der Waals surface area contributed by atoms with Crippen molar-refractivity contribution in [2.45, 2.75) is 13.0 Å². The second-order valence-corrected chi connectivity index (χ2v) is 7.63. The van der Waals surface area contributed by atoms with Crippen LogP contribution >= 0.6 is 11.6 Å². The van der Waals surface area contributed by atoms with Crippen molar-refractivity contribution in [3.63, 3.8) is 0 Å². The van der Waals surface area contributed by atoms with E-state index in [-0.39, 0.29) is 13.4 Å². The van der Waals surface area contributed by atoms with E-state index in [2.05, 4.69) is 22.8 Å². The first kappa shape index (κ1) is 19.2. The number of nitrogens with zero attached hydrogens (tertiary/aromatic N) is 2. The standard InChI is InChI=1S/C21H25ClN2O4/c1-15-2-3-16(22)10-19(15)24-8-6-23(7-9-24)12-17(25)13-26-18-4-5-20-21(11-18)28-14-27-20/h2-5,10-11,17,25H,6-9,12-14H2,1H3/t17-/m0/s1. The predicted molar refractivity (Wildman–Crippen MR) is 109 cm³/mol. The minimum absolute atomic E-state index is 0.238. The van der Waals surface area contributed by atoms with Crippen LogP contribution in [0.4, 0.5) is 5.69 Å². The third-order valence-corrected chi connectivity index (χ3v) is 5.37. The highest BCUT2D eigenvalue weighted by Gasteiger charge is 2.21. The zero-order valence-corrected chi connectivity index (χ0v) is 16.7. The van der Waals surface area contributed by atoms with Gasteiger partial charge in [0.1, 0.15) is 18.5 Å². The van der Waals surface area contributed by atoms with Crippen molar-refractivity contribution in [3.05, 3.63) is 47.0 Å². The topological polar surface area (TPSA) is 54.4 Å². The highest BCUT2D eigenvalue weighted by Crippen LogP contribution is 2.35. The van der Waals surface area contributed by atoms with Crippen LogP contribution in [0.15, 0.2) is 36.4 Å². The number of hydrogen-bond acceptors (Lipinski definition) is 6. The summed E-state index contributed by atoms with van der Waals surface area (Å²) in [7, 11) is 0. The SMILES string of the molecule is Cc1ccc(Cl)cc1N1CCN(C[C@H](O)COc2ccc3c(c2)OCO3)CC1. The molecule has 2 aromatic rings. The van der Waals surface area contributed by atoms with Gasteiger partial charge in [-0.2, -0.15) is 0 Å². The lowest BCUT2D eigenvalue weighted by Crippen LogP contribution is -2.49. The van der Waals surface area contributed by atoms with E-state index in [0.29, 0.717) is 18.0 Å². The maximum atomic E-state index is 10.4. The molecule has 2 aromatic carbocycles. The Bertz CT molecular complexity index is 824. The molecule has 1 saturated heterocycles. The summed E-state index contributed by atoms with van der Waals surface area (Å²) in [6, 6.07) is 11.4. The molecular weight excluding hydrogens is 380 g/mol. The Morgan fingerprint density at radius 2 is 1.86 bits per heavy atom. The van der Waals surface area contributed by atoms with Gasteiger partial charge in [-0.25, -0.2) is 0 Å². The molecule has 1 atom stereocenters. The molecule has 28 heavy (non-hydrogen) atoms. The first-order chi connectivity index (χ1) is 13.6. The number of rotatable bonds is 6. The Morgan fingerprint density at radius 3 is 2.68 bits per heavy atom. The van der Waals surface area contributed by atoms with Crippen molar-refractivity contribution < 1.29 is 19.3 Å². The minimum Gasteiger partial charge on any atom is -0.491 e. The van der Waals surface area contributed by atoms with Gasteiger partial charge in [0, 0.05) is 49.5 Å². The highest BCUT2D eigenvalue weighted by molar-refractivity contribution is 6.30. The van der Waals surface area contributed by atoms with Crippen LogP contribution in [0.5, 0.6) is 17.2 Å². The maximum Gasteiger partial charge on any atom is 0.231 e. The van der Waals surface area contributed by atoms with Gasteiger partial charge in [0.25, 0.3) is 0 Å². The summed E-state index contributed by atoms with van der Waals surface area (Å²) < 4.78 is 16.3. The van der Waals surface area contributed by atoms with E-state index in [0.717, 1.165) is 37.0 Å². The molecular formula is C21H25ClN2O4. The van der Waals surface area contributed by atoms with Crippen LogP contribution in [0, 0.1) is 6.92 Å². The van der Waals surface area contributed by atoms with E-state index in [1.54, 1.807) is 6.07 Å². The molecule has 1 fully saturated rings. The Balaban J connectivity index is 1.24. The number of anilines is 1. The van der Waals surface area contributed by atoms with Crippen LogP contribution in [0.2, 0.25) is 5.02 Å². The number of ether oxygens (including phenoxy) is 3. The predicted octanol–water partition coefficient (Wildman–Crippen LogP) is 2.94. The van der Waals surface area contributed by atoms with E-state index in [4.69, 9.17) is 25.8 Å². The lowest BCUT2D eigenvalue weighted by molar-refractivity contribution is 0.0662. The number of β-amino-alcohol motifs (C(OH)–C–C–N with tert-alkyl or cyclic N) is 1. The molecule has 0 bridgehead atoms. The number of fused-ring (bicyclic) bond motifs is 1. The van der Waals surface area contributed by atoms with Crippen molar-refractivity contribution >= 4 is 17.3 Å². The summed E-state index contributed by atoms with van der Waals surface area (Å²) in [5.41, 5.74) is 2.42. The fraction of sp³-hybridized carbons (Fsp3) is 0.429. The number of piperazine rings is 1. The molecule has 0 amide bonds.